The summed E-state index contributed by atoms with van der Waals surface area (Å²) in [7, 11) is 0. The monoisotopic (exact) mass is 253 g/mol. The smallest absolute Gasteiger partial charge is 0.307 e. The van der Waals surface area contributed by atoms with Gasteiger partial charge in [0.1, 0.15) is 0 Å². The van der Waals surface area contributed by atoms with Gasteiger partial charge in [0.2, 0.25) is 5.91 Å². The highest BCUT2D eigenvalue weighted by molar-refractivity contribution is 5.85. The van der Waals surface area contributed by atoms with E-state index in [1.54, 1.807) is 0 Å². The van der Waals surface area contributed by atoms with Crippen LogP contribution in [0.4, 0.5) is 0 Å². The number of hydrogen-bond donors (Lipinski definition) is 1. The van der Waals surface area contributed by atoms with Crippen LogP contribution < -0.4 is 0 Å². The zero-order chi connectivity index (χ0) is 13.3. The van der Waals surface area contributed by atoms with E-state index in [0.29, 0.717) is 18.4 Å². The van der Waals surface area contributed by atoms with E-state index in [9.17, 15) is 14.7 Å². The van der Waals surface area contributed by atoms with Crippen LogP contribution in [0.5, 0.6) is 0 Å². The van der Waals surface area contributed by atoms with Crippen LogP contribution in [0.1, 0.15) is 46.0 Å². The van der Waals surface area contributed by atoms with Crippen LogP contribution in [0.3, 0.4) is 0 Å². The topological polar surface area (TPSA) is 57.6 Å². The molecule has 4 heteroatoms. The van der Waals surface area contributed by atoms with Crippen molar-refractivity contribution in [2.45, 2.75) is 52.0 Å². The van der Waals surface area contributed by atoms with E-state index in [1.807, 2.05) is 4.90 Å². The Bertz CT molecular complexity index is 336. The first-order chi connectivity index (χ1) is 8.50. The molecule has 1 amide bonds. The number of aliphatic carboxylic acids is 1. The second-order valence-corrected chi connectivity index (χ2v) is 6.10. The molecule has 2 rings (SSSR count). The van der Waals surface area contributed by atoms with Crippen molar-refractivity contribution >= 4 is 11.9 Å². The van der Waals surface area contributed by atoms with Gasteiger partial charge < -0.3 is 10.0 Å². The van der Waals surface area contributed by atoms with E-state index in [-0.39, 0.29) is 11.8 Å². The molecular formula is C14H23NO3. The van der Waals surface area contributed by atoms with Gasteiger partial charge in [-0.15, -0.1) is 0 Å². The predicted molar refractivity (Wildman–Crippen MR) is 68.0 cm³/mol. The number of rotatable bonds is 5. The fourth-order valence-corrected chi connectivity index (χ4v) is 2.96. The quantitative estimate of drug-likeness (QED) is 0.816. The molecule has 0 aromatic rings. The first-order valence-electron chi connectivity index (χ1n) is 7.04. The van der Waals surface area contributed by atoms with Gasteiger partial charge in [-0.3, -0.25) is 9.59 Å². The average molecular weight is 253 g/mol. The molecule has 0 aliphatic heterocycles. The Labute approximate surface area is 108 Å². The Morgan fingerprint density at radius 1 is 1.17 bits per heavy atom. The summed E-state index contributed by atoms with van der Waals surface area (Å²) in [5.74, 6) is -0.991. The first-order valence-corrected chi connectivity index (χ1v) is 7.04. The lowest BCUT2D eigenvalue weighted by atomic mass is 9.94. The number of carbonyl (C=O) groups is 2. The molecule has 0 radical (unpaired) electrons. The largest absolute Gasteiger partial charge is 0.481 e. The molecule has 0 saturated heterocycles. The lowest BCUT2D eigenvalue weighted by Gasteiger charge is -2.28. The SMILES string of the molecule is CC(C)CN(C(=O)C1CCCC1C(=O)O)C1CC1. The third-order valence-electron chi connectivity index (χ3n) is 3.98. The summed E-state index contributed by atoms with van der Waals surface area (Å²) in [6.07, 6.45) is 4.45. The molecule has 0 aromatic heterocycles. The maximum absolute atomic E-state index is 12.5. The lowest BCUT2D eigenvalue weighted by molar-refractivity contribution is -0.149. The molecule has 4 nitrogen and oxygen atoms in total. The van der Waals surface area contributed by atoms with Crippen molar-refractivity contribution in [1.82, 2.24) is 4.90 Å². The third kappa shape index (κ3) is 2.85. The molecule has 0 bridgehead atoms. The van der Waals surface area contributed by atoms with E-state index in [4.69, 9.17) is 0 Å². The summed E-state index contributed by atoms with van der Waals surface area (Å²) < 4.78 is 0. The van der Waals surface area contributed by atoms with Crippen molar-refractivity contribution < 1.29 is 14.7 Å². The van der Waals surface area contributed by atoms with Gasteiger partial charge in [-0.25, -0.2) is 0 Å². The number of carboxylic acid groups (broad SMARTS) is 1. The summed E-state index contributed by atoms with van der Waals surface area (Å²) >= 11 is 0. The minimum Gasteiger partial charge on any atom is -0.481 e. The zero-order valence-electron chi connectivity index (χ0n) is 11.3. The normalized spacial score (nSPS) is 27.5. The molecule has 1 N–H and O–H groups in total. The lowest BCUT2D eigenvalue weighted by Crippen LogP contribution is -2.42. The Morgan fingerprint density at radius 2 is 1.78 bits per heavy atom. The molecule has 2 aliphatic carbocycles. The highest BCUT2D eigenvalue weighted by Gasteiger charge is 2.43. The van der Waals surface area contributed by atoms with Gasteiger partial charge in [-0.2, -0.15) is 0 Å². The van der Waals surface area contributed by atoms with Crippen molar-refractivity contribution in [1.29, 1.82) is 0 Å². The number of carbonyl (C=O) groups excluding carboxylic acids is 1. The number of nitrogens with zero attached hydrogens (tertiary/aromatic N) is 1. The molecule has 2 fully saturated rings. The highest BCUT2D eigenvalue weighted by Crippen LogP contribution is 2.36. The Hall–Kier alpha value is -1.06. The molecule has 2 saturated carbocycles. The van der Waals surface area contributed by atoms with Gasteiger partial charge in [0.05, 0.1) is 11.8 Å². The second kappa shape index (κ2) is 5.29. The van der Waals surface area contributed by atoms with E-state index in [0.717, 1.165) is 32.2 Å². The molecular weight excluding hydrogens is 230 g/mol. The minimum absolute atomic E-state index is 0.0936. The van der Waals surface area contributed by atoms with Crippen molar-refractivity contribution in [3.05, 3.63) is 0 Å². The minimum atomic E-state index is -0.800. The Morgan fingerprint density at radius 3 is 2.28 bits per heavy atom. The third-order valence-corrected chi connectivity index (χ3v) is 3.98. The van der Waals surface area contributed by atoms with Crippen LogP contribution in [0.15, 0.2) is 0 Å². The number of hydrogen-bond acceptors (Lipinski definition) is 2. The van der Waals surface area contributed by atoms with Gasteiger partial charge >= 0.3 is 5.97 Å². The van der Waals surface area contributed by atoms with Crippen LogP contribution >= 0.6 is 0 Å². The van der Waals surface area contributed by atoms with Crippen molar-refractivity contribution in [2.24, 2.45) is 17.8 Å². The van der Waals surface area contributed by atoms with E-state index in [1.165, 1.54) is 0 Å². The Kier molecular flexibility index (Phi) is 3.93. The number of carboxylic acids is 1. The maximum Gasteiger partial charge on any atom is 0.307 e. The number of amides is 1. The predicted octanol–water partition coefficient (Wildman–Crippen LogP) is 2.13. The van der Waals surface area contributed by atoms with Crippen LogP contribution in [-0.4, -0.2) is 34.5 Å². The zero-order valence-corrected chi connectivity index (χ0v) is 11.3. The molecule has 102 valence electrons. The van der Waals surface area contributed by atoms with Crippen molar-refractivity contribution in [3.8, 4) is 0 Å². The van der Waals surface area contributed by atoms with Gasteiger partial charge in [-0.1, -0.05) is 20.3 Å². The fraction of sp³-hybridized carbons (Fsp3) is 0.857. The molecule has 0 aromatic carbocycles. The van der Waals surface area contributed by atoms with Gasteiger partial charge in [0.15, 0.2) is 0 Å². The molecule has 18 heavy (non-hydrogen) atoms. The fourth-order valence-electron chi connectivity index (χ4n) is 2.96. The van der Waals surface area contributed by atoms with E-state index < -0.39 is 11.9 Å². The summed E-state index contributed by atoms with van der Waals surface area (Å²) in [5, 5.41) is 9.18. The van der Waals surface area contributed by atoms with Crippen molar-refractivity contribution in [2.75, 3.05) is 6.54 Å². The summed E-state index contributed by atoms with van der Waals surface area (Å²) in [6.45, 7) is 4.98. The molecule has 2 aliphatic rings. The van der Waals surface area contributed by atoms with Gasteiger partial charge in [0, 0.05) is 12.6 Å². The van der Waals surface area contributed by atoms with Crippen LogP contribution in [0.25, 0.3) is 0 Å². The van der Waals surface area contributed by atoms with Gasteiger partial charge in [-0.05, 0) is 31.6 Å². The van der Waals surface area contributed by atoms with E-state index in [2.05, 4.69) is 13.8 Å². The van der Waals surface area contributed by atoms with Crippen molar-refractivity contribution in [3.63, 3.8) is 0 Å². The van der Waals surface area contributed by atoms with Gasteiger partial charge in [0.25, 0.3) is 0 Å². The van der Waals surface area contributed by atoms with Crippen LogP contribution in [0.2, 0.25) is 0 Å². The van der Waals surface area contributed by atoms with Crippen LogP contribution in [0, 0.1) is 17.8 Å². The standard InChI is InChI=1S/C14H23NO3/c1-9(2)8-15(10-6-7-10)13(16)11-4-3-5-12(11)14(17)18/h9-12H,3-8H2,1-2H3,(H,17,18). The van der Waals surface area contributed by atoms with E-state index >= 15 is 0 Å². The molecule has 2 unspecified atom stereocenters. The van der Waals surface area contributed by atoms with Crippen LogP contribution in [-0.2, 0) is 9.59 Å². The first kappa shape index (κ1) is 13.4. The molecule has 0 spiro atoms. The summed E-state index contributed by atoms with van der Waals surface area (Å²) in [4.78, 5) is 25.7. The molecule has 0 heterocycles. The summed E-state index contributed by atoms with van der Waals surface area (Å²) in [5.41, 5.74) is 0. The second-order valence-electron chi connectivity index (χ2n) is 6.10. The highest BCUT2D eigenvalue weighted by atomic mass is 16.4. The Balaban J connectivity index is 2.05. The average Bonchev–Trinajstić information content (AvgIpc) is 3.00. The summed E-state index contributed by atoms with van der Waals surface area (Å²) in [6, 6.07) is 0.384. The molecule has 2 atom stereocenters. The maximum atomic E-state index is 12.5.